The molecule has 0 aromatic carbocycles. The monoisotopic (exact) mass is 154 g/mol. The third-order valence-corrected chi connectivity index (χ3v) is 1.00. The van der Waals surface area contributed by atoms with Crippen LogP contribution in [0.25, 0.3) is 0 Å². The van der Waals surface area contributed by atoms with Gasteiger partial charge >= 0.3 is 6.18 Å². The molecule has 0 rings (SSSR count). The largest absolute Gasteiger partial charge is 0.389 e. The van der Waals surface area contributed by atoms with Crippen molar-refractivity contribution >= 4 is 0 Å². The fraction of sp³-hybridized carbons (Fsp3) is 0.833. The van der Waals surface area contributed by atoms with Crippen LogP contribution in [0.4, 0.5) is 13.2 Å². The van der Waals surface area contributed by atoms with Gasteiger partial charge in [0.15, 0.2) is 0 Å². The zero-order valence-electron chi connectivity index (χ0n) is 5.62. The molecule has 0 bridgehead atoms. The van der Waals surface area contributed by atoms with Crippen molar-refractivity contribution in [3.63, 3.8) is 0 Å². The van der Waals surface area contributed by atoms with Gasteiger partial charge in [0.05, 0.1) is 0 Å². The molecular weight excluding hydrogens is 143 g/mol. The molecule has 0 saturated carbocycles. The van der Waals surface area contributed by atoms with Crippen LogP contribution in [-0.4, -0.2) is 12.7 Å². The van der Waals surface area contributed by atoms with Gasteiger partial charge in [-0.15, -0.1) is 0 Å². The Kier molecular flexibility index (Phi) is 4.43. The lowest BCUT2D eigenvalue weighted by atomic mass is 10.2. The smallest absolute Gasteiger partial charge is 0.330 e. The first kappa shape index (κ1) is 9.75. The molecule has 0 saturated heterocycles. The Morgan fingerprint density at radius 3 is 2.20 bits per heavy atom. The van der Waals surface area contributed by atoms with Crippen molar-refractivity contribution in [2.45, 2.75) is 25.4 Å². The Morgan fingerprint density at radius 1 is 1.20 bits per heavy atom. The number of alkyl halides is 3. The molecule has 0 aromatic rings. The highest BCUT2D eigenvalue weighted by molar-refractivity contribution is 4.66. The summed E-state index contributed by atoms with van der Waals surface area (Å²) in [5.74, 6) is 0. The zero-order valence-corrected chi connectivity index (χ0v) is 5.62. The van der Waals surface area contributed by atoms with Gasteiger partial charge in [0, 0.05) is 6.42 Å². The normalized spacial score (nSPS) is 12.0. The number of nitrogens with two attached hydrogens (primary N) is 1. The van der Waals surface area contributed by atoms with E-state index in [0.717, 1.165) is 0 Å². The molecule has 0 amide bonds. The summed E-state index contributed by atoms with van der Waals surface area (Å²) in [7, 11) is 0. The van der Waals surface area contributed by atoms with Crippen LogP contribution >= 0.6 is 0 Å². The molecule has 10 heavy (non-hydrogen) atoms. The predicted molar refractivity (Wildman–Crippen MR) is 33.3 cm³/mol. The molecule has 0 heterocycles. The van der Waals surface area contributed by atoms with Gasteiger partial charge in [-0.1, -0.05) is 0 Å². The second-order valence-electron chi connectivity index (χ2n) is 2.02. The molecule has 2 N–H and O–H groups in total. The van der Waals surface area contributed by atoms with Crippen molar-refractivity contribution in [3.05, 3.63) is 6.42 Å². The molecule has 0 spiro atoms. The van der Waals surface area contributed by atoms with E-state index in [4.69, 9.17) is 5.73 Å². The van der Waals surface area contributed by atoms with Crippen LogP contribution in [0.5, 0.6) is 0 Å². The average molecular weight is 154 g/mol. The predicted octanol–water partition coefficient (Wildman–Crippen LogP) is 1.88. The van der Waals surface area contributed by atoms with E-state index in [-0.39, 0.29) is 6.42 Å². The highest BCUT2D eigenvalue weighted by atomic mass is 19.4. The zero-order chi connectivity index (χ0) is 8.04. The number of halogens is 3. The lowest BCUT2D eigenvalue weighted by molar-refractivity contribution is -0.134. The summed E-state index contributed by atoms with van der Waals surface area (Å²) in [5, 5.41) is 0. The van der Waals surface area contributed by atoms with Crippen LogP contribution in [-0.2, 0) is 0 Å². The summed E-state index contributed by atoms with van der Waals surface area (Å²) >= 11 is 0. The Labute approximate surface area is 58.4 Å². The number of rotatable bonds is 4. The minimum absolute atomic E-state index is 0.0840. The van der Waals surface area contributed by atoms with E-state index in [1.807, 2.05) is 0 Å². The molecule has 0 fully saturated rings. The van der Waals surface area contributed by atoms with Crippen molar-refractivity contribution in [2.24, 2.45) is 5.73 Å². The van der Waals surface area contributed by atoms with Crippen LogP contribution in [0, 0.1) is 6.42 Å². The minimum atomic E-state index is -4.02. The highest BCUT2D eigenvalue weighted by Gasteiger charge is 2.25. The second-order valence-corrected chi connectivity index (χ2v) is 2.02. The third-order valence-electron chi connectivity index (χ3n) is 1.00. The molecule has 61 valence electrons. The Balaban J connectivity index is 3.04. The van der Waals surface area contributed by atoms with Crippen molar-refractivity contribution < 1.29 is 13.2 Å². The van der Waals surface area contributed by atoms with Crippen LogP contribution in [0.3, 0.4) is 0 Å². The second kappa shape index (κ2) is 4.55. The van der Waals surface area contributed by atoms with E-state index in [1.165, 1.54) is 0 Å². The van der Waals surface area contributed by atoms with Crippen LogP contribution < -0.4 is 5.73 Å². The van der Waals surface area contributed by atoms with E-state index < -0.39 is 12.6 Å². The molecular formula is C6H11F3N. The van der Waals surface area contributed by atoms with Gasteiger partial charge in [-0.25, -0.2) is 0 Å². The number of hydrogen-bond donors (Lipinski definition) is 1. The Bertz CT molecular complexity index is 79.6. The number of hydrogen-bond acceptors (Lipinski definition) is 1. The van der Waals surface area contributed by atoms with Crippen LogP contribution in [0.2, 0.25) is 0 Å². The molecule has 0 atom stereocenters. The first-order valence-corrected chi connectivity index (χ1v) is 3.15. The summed E-state index contributed by atoms with van der Waals surface area (Å²) in [6.07, 6.45) is -2.54. The lowest BCUT2D eigenvalue weighted by Gasteiger charge is -2.03. The van der Waals surface area contributed by atoms with Crippen molar-refractivity contribution in [1.29, 1.82) is 0 Å². The van der Waals surface area contributed by atoms with Gasteiger partial charge in [0.1, 0.15) is 0 Å². The molecule has 0 aliphatic carbocycles. The summed E-state index contributed by atoms with van der Waals surface area (Å²) < 4.78 is 34.3. The van der Waals surface area contributed by atoms with E-state index in [0.29, 0.717) is 13.0 Å². The van der Waals surface area contributed by atoms with E-state index in [9.17, 15) is 13.2 Å². The third kappa shape index (κ3) is 7.75. The molecule has 4 heteroatoms. The van der Waals surface area contributed by atoms with Gasteiger partial charge in [0.2, 0.25) is 0 Å². The molecule has 0 unspecified atom stereocenters. The summed E-state index contributed by atoms with van der Waals surface area (Å²) in [4.78, 5) is 0. The molecule has 0 aliphatic heterocycles. The van der Waals surface area contributed by atoms with Gasteiger partial charge in [0.25, 0.3) is 0 Å². The Hall–Kier alpha value is -0.250. The Morgan fingerprint density at radius 2 is 1.80 bits per heavy atom. The maximum Gasteiger partial charge on any atom is 0.389 e. The van der Waals surface area contributed by atoms with Gasteiger partial charge < -0.3 is 5.73 Å². The lowest BCUT2D eigenvalue weighted by Crippen LogP contribution is -2.07. The van der Waals surface area contributed by atoms with Crippen LogP contribution in [0.15, 0.2) is 0 Å². The summed E-state index contributed by atoms with van der Waals surface area (Å²) in [5.41, 5.74) is 5.07. The first-order valence-electron chi connectivity index (χ1n) is 3.15. The summed E-state index contributed by atoms with van der Waals surface area (Å²) in [6, 6.07) is 0. The first-order chi connectivity index (χ1) is 4.56. The fourth-order valence-electron chi connectivity index (χ4n) is 0.528. The van der Waals surface area contributed by atoms with Crippen molar-refractivity contribution in [3.8, 4) is 0 Å². The minimum Gasteiger partial charge on any atom is -0.330 e. The van der Waals surface area contributed by atoms with Gasteiger partial charge in [-0.05, 0) is 25.8 Å². The molecule has 0 aliphatic rings. The standard InChI is InChI=1S/C6H11F3N/c7-6(8,9)4-2-1-3-5-10/h1H,2-5,10H2. The molecule has 0 aromatic heterocycles. The average Bonchev–Trinajstić information content (AvgIpc) is 1.78. The summed E-state index contributed by atoms with van der Waals surface area (Å²) in [6.45, 7) is 0.428. The maximum atomic E-state index is 11.4. The van der Waals surface area contributed by atoms with E-state index >= 15 is 0 Å². The maximum absolute atomic E-state index is 11.4. The molecule has 1 radical (unpaired) electrons. The highest BCUT2D eigenvalue weighted by Crippen LogP contribution is 2.21. The quantitative estimate of drug-likeness (QED) is 0.615. The van der Waals surface area contributed by atoms with Gasteiger partial charge in [-0.2, -0.15) is 13.2 Å². The number of unbranched alkanes of at least 4 members (excludes halogenated alkanes) is 2. The van der Waals surface area contributed by atoms with Crippen molar-refractivity contribution in [1.82, 2.24) is 0 Å². The SMILES string of the molecule is NCC[CH]CCC(F)(F)F. The van der Waals surface area contributed by atoms with Crippen LogP contribution in [0.1, 0.15) is 19.3 Å². The van der Waals surface area contributed by atoms with Gasteiger partial charge in [-0.3, -0.25) is 0 Å². The topological polar surface area (TPSA) is 26.0 Å². The van der Waals surface area contributed by atoms with E-state index in [2.05, 4.69) is 0 Å². The van der Waals surface area contributed by atoms with E-state index in [1.54, 1.807) is 6.42 Å². The molecule has 1 nitrogen and oxygen atoms in total. The fourth-order valence-corrected chi connectivity index (χ4v) is 0.528. The van der Waals surface area contributed by atoms with Crippen molar-refractivity contribution in [2.75, 3.05) is 6.54 Å².